The van der Waals surface area contributed by atoms with Gasteiger partial charge in [-0.1, -0.05) is 52.8 Å². The van der Waals surface area contributed by atoms with Crippen molar-refractivity contribution in [2.75, 3.05) is 0 Å². The van der Waals surface area contributed by atoms with Gasteiger partial charge in [-0.2, -0.15) is 0 Å². The monoisotopic (exact) mass is 334 g/mol. The van der Waals surface area contributed by atoms with E-state index in [1.54, 1.807) is 6.07 Å². The third-order valence-electron chi connectivity index (χ3n) is 4.35. The molecule has 0 aliphatic rings. The Morgan fingerprint density at radius 3 is 1.83 bits per heavy atom. The molecule has 1 rings (SSSR count). The lowest BCUT2D eigenvalue weighted by molar-refractivity contribution is -0.140. The van der Waals surface area contributed by atoms with Crippen molar-refractivity contribution in [1.29, 1.82) is 0 Å². The maximum Gasteiger partial charge on any atom is 0.311 e. The molecule has 0 fully saturated rings. The van der Waals surface area contributed by atoms with Gasteiger partial charge in [0.25, 0.3) is 0 Å². The molecular weight excluding hydrogens is 304 g/mol. The Labute approximate surface area is 144 Å². The summed E-state index contributed by atoms with van der Waals surface area (Å²) in [6, 6.07) is 5.57. The average Bonchev–Trinajstić information content (AvgIpc) is 2.48. The molecular formula is C20H30O4. The molecule has 4 nitrogen and oxygen atoms in total. The zero-order valence-corrected chi connectivity index (χ0v) is 15.4. The first-order valence-corrected chi connectivity index (χ1v) is 8.76. The predicted octanol–water partition coefficient (Wildman–Crippen LogP) is 4.68. The van der Waals surface area contributed by atoms with E-state index in [2.05, 4.69) is 0 Å². The van der Waals surface area contributed by atoms with Gasteiger partial charge in [-0.15, -0.1) is 0 Å². The summed E-state index contributed by atoms with van der Waals surface area (Å²) in [5.74, 6) is -2.65. The summed E-state index contributed by atoms with van der Waals surface area (Å²) < 4.78 is 0. The highest BCUT2D eigenvalue weighted by molar-refractivity contribution is 5.81. The number of aryl methyl sites for hydroxylation is 1. The standard InChI is InChI=1S/C20H30O4/c1-6-14-8-7-9-15(16(19(21)22)10-12(2)3)18(14)17(20(23)24)11-13(4)5/h7-9,12-13,16-17H,6,10-11H2,1-5H3,(H,21,22)(H,23,24). The van der Waals surface area contributed by atoms with E-state index in [1.165, 1.54) is 0 Å². The minimum absolute atomic E-state index is 0.220. The summed E-state index contributed by atoms with van der Waals surface area (Å²) in [4.78, 5) is 23.8. The van der Waals surface area contributed by atoms with Crippen LogP contribution >= 0.6 is 0 Å². The topological polar surface area (TPSA) is 74.6 Å². The Bertz CT molecular complexity index is 575. The van der Waals surface area contributed by atoms with Gasteiger partial charge in [-0.25, -0.2) is 0 Å². The van der Waals surface area contributed by atoms with Crippen LogP contribution in [-0.4, -0.2) is 22.2 Å². The number of aliphatic carboxylic acids is 2. The van der Waals surface area contributed by atoms with E-state index in [1.807, 2.05) is 46.8 Å². The highest BCUT2D eigenvalue weighted by Crippen LogP contribution is 2.36. The van der Waals surface area contributed by atoms with Gasteiger partial charge < -0.3 is 10.2 Å². The third kappa shape index (κ3) is 5.08. The molecule has 2 unspecified atom stereocenters. The van der Waals surface area contributed by atoms with Gasteiger partial charge in [0, 0.05) is 0 Å². The molecule has 0 amide bonds. The molecule has 4 heteroatoms. The molecule has 0 heterocycles. The molecule has 2 atom stereocenters. The first-order chi connectivity index (χ1) is 11.2. The van der Waals surface area contributed by atoms with Crippen molar-refractivity contribution >= 4 is 11.9 Å². The number of rotatable bonds is 9. The molecule has 2 N–H and O–H groups in total. The van der Waals surface area contributed by atoms with Gasteiger partial charge in [0.2, 0.25) is 0 Å². The highest BCUT2D eigenvalue weighted by Gasteiger charge is 2.31. The van der Waals surface area contributed by atoms with Crippen LogP contribution in [0.3, 0.4) is 0 Å². The Kier molecular flexibility index (Phi) is 7.46. The van der Waals surface area contributed by atoms with Crippen LogP contribution in [0, 0.1) is 11.8 Å². The van der Waals surface area contributed by atoms with Gasteiger partial charge in [0.15, 0.2) is 0 Å². The first kappa shape index (κ1) is 20.2. The minimum Gasteiger partial charge on any atom is -0.481 e. The van der Waals surface area contributed by atoms with E-state index in [-0.39, 0.29) is 11.8 Å². The van der Waals surface area contributed by atoms with Crippen LogP contribution in [0.15, 0.2) is 18.2 Å². The summed E-state index contributed by atoms with van der Waals surface area (Å²) in [7, 11) is 0. The van der Waals surface area contributed by atoms with Crippen LogP contribution in [0.4, 0.5) is 0 Å². The summed E-state index contributed by atoms with van der Waals surface area (Å²) in [5.41, 5.74) is 2.33. The smallest absolute Gasteiger partial charge is 0.311 e. The lowest BCUT2D eigenvalue weighted by Gasteiger charge is -2.25. The maximum absolute atomic E-state index is 11.9. The van der Waals surface area contributed by atoms with E-state index in [0.29, 0.717) is 30.4 Å². The zero-order chi connectivity index (χ0) is 18.4. The number of benzene rings is 1. The fourth-order valence-electron chi connectivity index (χ4n) is 3.32. The molecule has 134 valence electrons. The second-order valence-corrected chi connectivity index (χ2v) is 7.31. The minimum atomic E-state index is -0.883. The fraction of sp³-hybridized carbons (Fsp3) is 0.600. The summed E-state index contributed by atoms with van der Waals surface area (Å²) in [6.07, 6.45) is 1.70. The van der Waals surface area contributed by atoms with Crippen molar-refractivity contribution in [3.8, 4) is 0 Å². The molecule has 0 radical (unpaired) electrons. The SMILES string of the molecule is CCc1cccc(C(CC(C)C)C(=O)O)c1C(CC(C)C)C(=O)O. The molecule has 24 heavy (non-hydrogen) atoms. The molecule has 0 aliphatic carbocycles. The van der Waals surface area contributed by atoms with E-state index < -0.39 is 23.8 Å². The van der Waals surface area contributed by atoms with E-state index in [0.717, 1.165) is 5.56 Å². The highest BCUT2D eigenvalue weighted by atomic mass is 16.4. The second kappa shape index (κ2) is 8.86. The Hall–Kier alpha value is -1.84. The second-order valence-electron chi connectivity index (χ2n) is 7.31. The third-order valence-corrected chi connectivity index (χ3v) is 4.35. The van der Waals surface area contributed by atoms with Gasteiger partial charge in [-0.05, 0) is 47.8 Å². The molecule has 1 aromatic rings. The number of hydrogen-bond acceptors (Lipinski definition) is 2. The normalized spacial score (nSPS) is 14.0. The van der Waals surface area contributed by atoms with Crippen LogP contribution in [0.1, 0.15) is 76.0 Å². The lowest BCUT2D eigenvalue weighted by Crippen LogP contribution is -2.22. The summed E-state index contributed by atoms with van der Waals surface area (Å²) in [5, 5.41) is 19.5. The Morgan fingerprint density at radius 2 is 1.42 bits per heavy atom. The van der Waals surface area contributed by atoms with E-state index in [9.17, 15) is 19.8 Å². The van der Waals surface area contributed by atoms with Crippen molar-refractivity contribution in [2.24, 2.45) is 11.8 Å². The van der Waals surface area contributed by atoms with Crippen LogP contribution in [0.5, 0.6) is 0 Å². The number of carbonyl (C=O) groups is 2. The van der Waals surface area contributed by atoms with Crippen molar-refractivity contribution < 1.29 is 19.8 Å². The quantitative estimate of drug-likeness (QED) is 0.687. The largest absolute Gasteiger partial charge is 0.481 e. The van der Waals surface area contributed by atoms with Gasteiger partial charge in [-0.3, -0.25) is 9.59 Å². The maximum atomic E-state index is 11.9. The molecule has 0 saturated heterocycles. The predicted molar refractivity (Wildman–Crippen MR) is 95.5 cm³/mol. The molecule has 0 aliphatic heterocycles. The molecule has 1 aromatic carbocycles. The number of carboxylic acids is 2. The van der Waals surface area contributed by atoms with Gasteiger partial charge >= 0.3 is 11.9 Å². The number of hydrogen-bond donors (Lipinski definition) is 2. The van der Waals surface area contributed by atoms with Crippen LogP contribution in [0.25, 0.3) is 0 Å². The first-order valence-electron chi connectivity index (χ1n) is 8.76. The van der Waals surface area contributed by atoms with Crippen LogP contribution in [0.2, 0.25) is 0 Å². The molecule has 0 saturated carbocycles. The summed E-state index contributed by atoms with van der Waals surface area (Å²) in [6.45, 7) is 9.94. The van der Waals surface area contributed by atoms with Crippen molar-refractivity contribution in [2.45, 2.75) is 65.7 Å². The number of carboxylic acid groups (broad SMARTS) is 2. The van der Waals surface area contributed by atoms with Crippen molar-refractivity contribution in [3.05, 3.63) is 34.9 Å². The fourth-order valence-corrected chi connectivity index (χ4v) is 3.32. The Balaban J connectivity index is 3.54. The molecule has 0 bridgehead atoms. The van der Waals surface area contributed by atoms with Crippen LogP contribution < -0.4 is 0 Å². The zero-order valence-electron chi connectivity index (χ0n) is 15.4. The van der Waals surface area contributed by atoms with E-state index in [4.69, 9.17) is 0 Å². The van der Waals surface area contributed by atoms with Crippen LogP contribution in [-0.2, 0) is 16.0 Å². The summed E-state index contributed by atoms with van der Waals surface area (Å²) >= 11 is 0. The van der Waals surface area contributed by atoms with Crippen molar-refractivity contribution in [3.63, 3.8) is 0 Å². The van der Waals surface area contributed by atoms with Gasteiger partial charge in [0.05, 0.1) is 11.8 Å². The Morgan fingerprint density at radius 1 is 0.917 bits per heavy atom. The molecule has 0 aromatic heterocycles. The average molecular weight is 334 g/mol. The van der Waals surface area contributed by atoms with E-state index >= 15 is 0 Å². The van der Waals surface area contributed by atoms with Crippen molar-refractivity contribution in [1.82, 2.24) is 0 Å². The van der Waals surface area contributed by atoms with Gasteiger partial charge in [0.1, 0.15) is 0 Å². The lowest BCUT2D eigenvalue weighted by atomic mass is 9.78. The molecule has 0 spiro atoms.